The normalized spacial score (nSPS) is 11.5. The first kappa shape index (κ1) is 16.7. The van der Waals surface area contributed by atoms with Gasteiger partial charge in [0.05, 0.1) is 6.54 Å². The van der Waals surface area contributed by atoms with E-state index in [1.807, 2.05) is 41.2 Å². The average Bonchev–Trinajstić information content (AvgIpc) is 3.04. The van der Waals surface area contributed by atoms with E-state index >= 15 is 0 Å². The lowest BCUT2D eigenvalue weighted by Gasteiger charge is -2.11. The summed E-state index contributed by atoms with van der Waals surface area (Å²) < 4.78 is 1.89. The molecule has 0 radical (unpaired) electrons. The summed E-state index contributed by atoms with van der Waals surface area (Å²) in [6, 6.07) is 9.80. The number of thioether (sulfide) groups is 1. The average molecular weight is 338 g/mol. The number of hydrogen-bond donors (Lipinski definition) is 2. The molecule has 0 aliphatic rings. The van der Waals surface area contributed by atoms with Gasteiger partial charge in [0.1, 0.15) is 0 Å². The molecule has 5 nitrogen and oxygen atoms in total. The molecule has 0 spiro atoms. The van der Waals surface area contributed by atoms with Crippen molar-refractivity contribution in [1.29, 1.82) is 0 Å². The minimum atomic E-state index is 0.768. The highest BCUT2D eigenvalue weighted by molar-refractivity contribution is 7.99. The van der Waals surface area contributed by atoms with Gasteiger partial charge in [-0.3, -0.25) is 9.67 Å². The van der Waals surface area contributed by atoms with E-state index in [1.165, 1.54) is 4.90 Å². The first-order valence-electron chi connectivity index (χ1n) is 7.08. The van der Waals surface area contributed by atoms with Gasteiger partial charge < -0.3 is 10.6 Å². The lowest BCUT2D eigenvalue weighted by molar-refractivity contribution is 0.598. The van der Waals surface area contributed by atoms with Crippen molar-refractivity contribution in [3.8, 4) is 0 Å². The fraction of sp³-hybridized carbons (Fsp3) is 0.333. The van der Waals surface area contributed by atoms with Crippen LogP contribution in [-0.4, -0.2) is 41.6 Å². The Kier molecular flexibility index (Phi) is 7.12. The Morgan fingerprint density at radius 3 is 2.73 bits per heavy atom. The molecule has 1 aromatic carbocycles. The molecule has 2 N–H and O–H groups in total. The summed E-state index contributed by atoms with van der Waals surface area (Å²) in [5, 5.41) is 11.5. The van der Waals surface area contributed by atoms with Crippen LogP contribution in [0.3, 0.4) is 0 Å². The van der Waals surface area contributed by atoms with Crippen molar-refractivity contribution < 1.29 is 0 Å². The van der Waals surface area contributed by atoms with Gasteiger partial charge in [0, 0.05) is 48.2 Å². The Balaban J connectivity index is 1.60. The van der Waals surface area contributed by atoms with Crippen molar-refractivity contribution >= 4 is 29.3 Å². The van der Waals surface area contributed by atoms with Crippen LogP contribution >= 0.6 is 23.4 Å². The fourth-order valence-electron chi connectivity index (χ4n) is 1.81. The first-order valence-corrected chi connectivity index (χ1v) is 8.44. The van der Waals surface area contributed by atoms with E-state index in [-0.39, 0.29) is 0 Å². The van der Waals surface area contributed by atoms with Crippen LogP contribution < -0.4 is 10.6 Å². The van der Waals surface area contributed by atoms with E-state index < -0.39 is 0 Å². The number of nitrogens with one attached hydrogen (secondary N) is 2. The van der Waals surface area contributed by atoms with Crippen molar-refractivity contribution in [2.75, 3.05) is 25.9 Å². The van der Waals surface area contributed by atoms with Gasteiger partial charge in [-0.05, 0) is 30.3 Å². The van der Waals surface area contributed by atoms with Crippen molar-refractivity contribution in [3.05, 3.63) is 47.7 Å². The molecule has 1 aromatic heterocycles. The van der Waals surface area contributed by atoms with Gasteiger partial charge in [-0.25, -0.2) is 0 Å². The third-order valence-corrected chi connectivity index (χ3v) is 4.16. The quantitative estimate of drug-likeness (QED) is 0.353. The largest absolute Gasteiger partial charge is 0.356 e. The van der Waals surface area contributed by atoms with Gasteiger partial charge in [0.15, 0.2) is 5.96 Å². The lowest BCUT2D eigenvalue weighted by atomic mass is 10.4. The van der Waals surface area contributed by atoms with Crippen LogP contribution in [-0.2, 0) is 6.54 Å². The topological polar surface area (TPSA) is 54.2 Å². The van der Waals surface area contributed by atoms with Crippen LogP contribution in [0.2, 0.25) is 5.02 Å². The summed E-state index contributed by atoms with van der Waals surface area (Å²) in [6.45, 7) is 2.44. The molecule has 0 unspecified atom stereocenters. The molecule has 118 valence electrons. The zero-order chi connectivity index (χ0) is 15.6. The zero-order valence-electron chi connectivity index (χ0n) is 12.5. The highest BCUT2D eigenvalue weighted by Crippen LogP contribution is 2.19. The number of halogens is 1. The van der Waals surface area contributed by atoms with Crippen LogP contribution in [0.5, 0.6) is 0 Å². The van der Waals surface area contributed by atoms with Gasteiger partial charge in [-0.1, -0.05) is 11.6 Å². The molecule has 2 rings (SSSR count). The van der Waals surface area contributed by atoms with Gasteiger partial charge in [-0.2, -0.15) is 5.10 Å². The fourth-order valence-corrected chi connectivity index (χ4v) is 2.71. The SMILES string of the molecule is CN=C(NCCSc1ccc(Cl)cc1)NCCn1cccn1. The molecule has 1 heterocycles. The molecule has 2 aromatic rings. The number of aliphatic imine (C=N–C) groups is 1. The molecule has 22 heavy (non-hydrogen) atoms. The summed E-state index contributed by atoms with van der Waals surface area (Å²) in [5.41, 5.74) is 0. The van der Waals surface area contributed by atoms with Gasteiger partial charge in [0.25, 0.3) is 0 Å². The number of hydrogen-bond acceptors (Lipinski definition) is 3. The molecule has 0 atom stereocenters. The van der Waals surface area contributed by atoms with Crippen molar-refractivity contribution in [2.45, 2.75) is 11.4 Å². The number of nitrogens with zero attached hydrogens (tertiary/aromatic N) is 3. The Morgan fingerprint density at radius 2 is 2.05 bits per heavy atom. The van der Waals surface area contributed by atoms with Crippen molar-refractivity contribution in [3.63, 3.8) is 0 Å². The predicted molar refractivity (Wildman–Crippen MR) is 93.8 cm³/mol. The van der Waals surface area contributed by atoms with Crippen LogP contribution in [0.25, 0.3) is 0 Å². The van der Waals surface area contributed by atoms with Crippen LogP contribution in [0, 0.1) is 0 Å². The van der Waals surface area contributed by atoms with E-state index in [0.717, 1.165) is 36.4 Å². The van der Waals surface area contributed by atoms with E-state index in [9.17, 15) is 0 Å². The van der Waals surface area contributed by atoms with E-state index in [4.69, 9.17) is 11.6 Å². The molecular weight excluding hydrogens is 318 g/mol. The van der Waals surface area contributed by atoms with Gasteiger partial charge in [-0.15, -0.1) is 11.8 Å². The second kappa shape index (κ2) is 9.38. The zero-order valence-corrected chi connectivity index (χ0v) is 14.1. The maximum atomic E-state index is 5.87. The summed E-state index contributed by atoms with van der Waals surface area (Å²) in [4.78, 5) is 5.42. The number of rotatable bonds is 7. The standard InChI is InChI=1S/C15H20ClN5S/c1-17-15(18-8-11-21-10-2-7-20-21)19-9-12-22-14-5-3-13(16)4-6-14/h2-7,10H,8-9,11-12H2,1H3,(H2,17,18,19). The van der Waals surface area contributed by atoms with E-state index in [2.05, 4.69) is 20.7 Å². The summed E-state index contributed by atoms with van der Waals surface area (Å²) in [6.07, 6.45) is 3.72. The Bertz CT molecular complexity index is 568. The first-order chi connectivity index (χ1) is 10.8. The number of benzene rings is 1. The molecule has 0 saturated heterocycles. The van der Waals surface area contributed by atoms with E-state index in [0.29, 0.717) is 0 Å². The summed E-state index contributed by atoms with van der Waals surface area (Å²) in [7, 11) is 1.77. The monoisotopic (exact) mass is 337 g/mol. The second-order valence-corrected chi connectivity index (χ2v) is 6.10. The third-order valence-electron chi connectivity index (χ3n) is 2.89. The highest BCUT2D eigenvalue weighted by Gasteiger charge is 1.98. The maximum Gasteiger partial charge on any atom is 0.191 e. The maximum absolute atomic E-state index is 5.87. The minimum Gasteiger partial charge on any atom is -0.356 e. The highest BCUT2D eigenvalue weighted by atomic mass is 35.5. The molecule has 0 amide bonds. The molecule has 0 aliphatic carbocycles. The smallest absolute Gasteiger partial charge is 0.191 e. The van der Waals surface area contributed by atoms with Crippen molar-refractivity contribution in [1.82, 2.24) is 20.4 Å². The summed E-state index contributed by atoms with van der Waals surface area (Å²) >= 11 is 7.65. The van der Waals surface area contributed by atoms with Crippen LogP contribution in [0.15, 0.2) is 52.6 Å². The van der Waals surface area contributed by atoms with Gasteiger partial charge in [0.2, 0.25) is 0 Å². The molecule has 0 aliphatic heterocycles. The minimum absolute atomic E-state index is 0.768. The number of aromatic nitrogens is 2. The molecular formula is C15H20ClN5S. The lowest BCUT2D eigenvalue weighted by Crippen LogP contribution is -2.39. The number of guanidine groups is 1. The molecule has 0 bridgehead atoms. The molecule has 0 saturated carbocycles. The Labute approximate surface area is 140 Å². The van der Waals surface area contributed by atoms with E-state index in [1.54, 1.807) is 25.0 Å². The molecule has 7 heteroatoms. The third kappa shape index (κ3) is 5.99. The Hall–Kier alpha value is -1.66. The second-order valence-electron chi connectivity index (χ2n) is 4.50. The van der Waals surface area contributed by atoms with Gasteiger partial charge >= 0.3 is 0 Å². The molecule has 0 fully saturated rings. The Morgan fingerprint density at radius 1 is 1.27 bits per heavy atom. The van der Waals surface area contributed by atoms with Crippen LogP contribution in [0.4, 0.5) is 0 Å². The van der Waals surface area contributed by atoms with Crippen molar-refractivity contribution in [2.24, 2.45) is 4.99 Å². The van der Waals surface area contributed by atoms with Crippen LogP contribution in [0.1, 0.15) is 0 Å². The summed E-state index contributed by atoms with van der Waals surface area (Å²) in [5.74, 6) is 1.77. The predicted octanol–water partition coefficient (Wildman–Crippen LogP) is 2.49.